The summed E-state index contributed by atoms with van der Waals surface area (Å²) in [6, 6.07) is 8.05. The van der Waals surface area contributed by atoms with Crippen LogP contribution in [0.5, 0.6) is 0 Å². The Morgan fingerprint density at radius 2 is 2.32 bits per heavy atom. The molecule has 0 fully saturated rings. The largest absolute Gasteiger partial charge is 0.461 e. The molecule has 0 radical (unpaired) electrons. The molecule has 3 aromatic rings. The molecular formula is C17H22N6OS. The molecule has 3 heterocycles. The monoisotopic (exact) mass is 358 g/mol. The third-order valence-electron chi connectivity index (χ3n) is 3.56. The first-order chi connectivity index (χ1) is 12.3. The van der Waals surface area contributed by atoms with Crippen LogP contribution in [0.2, 0.25) is 0 Å². The predicted octanol–water partition coefficient (Wildman–Crippen LogP) is 2.99. The van der Waals surface area contributed by atoms with Crippen LogP contribution in [0.25, 0.3) is 11.6 Å². The van der Waals surface area contributed by atoms with Crippen molar-refractivity contribution in [1.29, 1.82) is 0 Å². The Morgan fingerprint density at radius 3 is 3.04 bits per heavy atom. The van der Waals surface area contributed by atoms with Gasteiger partial charge in [-0.15, -0.1) is 11.3 Å². The molecule has 0 aliphatic carbocycles. The standard InChI is InChI=1S/C17H22N6OS/c1-3-18-17(20-12(2)14-7-5-11-25-14)19-9-8-15-21-16(23-22-15)13-6-4-10-24-13/h4-7,10-12H,3,8-9H2,1-2H3,(H2,18,19,20)(H,21,22,23). The highest BCUT2D eigenvalue weighted by Gasteiger charge is 2.10. The number of nitrogens with one attached hydrogen (secondary N) is 3. The molecule has 0 aliphatic rings. The zero-order valence-corrected chi connectivity index (χ0v) is 15.1. The van der Waals surface area contributed by atoms with E-state index in [0.29, 0.717) is 24.6 Å². The van der Waals surface area contributed by atoms with Crippen molar-refractivity contribution in [2.45, 2.75) is 26.3 Å². The normalized spacial score (nSPS) is 13.0. The van der Waals surface area contributed by atoms with Crippen molar-refractivity contribution in [2.24, 2.45) is 4.99 Å². The lowest BCUT2D eigenvalue weighted by Gasteiger charge is -2.16. The molecule has 0 spiro atoms. The number of aromatic amines is 1. The van der Waals surface area contributed by atoms with Gasteiger partial charge in [0.25, 0.3) is 0 Å². The zero-order chi connectivity index (χ0) is 17.5. The number of aromatic nitrogens is 3. The van der Waals surface area contributed by atoms with E-state index in [1.807, 2.05) is 12.1 Å². The second-order valence-corrected chi connectivity index (χ2v) is 6.45. The van der Waals surface area contributed by atoms with E-state index in [9.17, 15) is 0 Å². The van der Waals surface area contributed by atoms with Crippen LogP contribution < -0.4 is 10.6 Å². The maximum absolute atomic E-state index is 5.30. The van der Waals surface area contributed by atoms with Crippen molar-refractivity contribution >= 4 is 17.3 Å². The fraction of sp³-hybridized carbons (Fsp3) is 0.353. The zero-order valence-electron chi connectivity index (χ0n) is 14.3. The first kappa shape index (κ1) is 17.2. The van der Waals surface area contributed by atoms with Gasteiger partial charge < -0.3 is 15.1 Å². The third-order valence-corrected chi connectivity index (χ3v) is 4.61. The first-order valence-electron chi connectivity index (χ1n) is 8.29. The number of hydrogen-bond donors (Lipinski definition) is 3. The van der Waals surface area contributed by atoms with Crippen molar-refractivity contribution in [3.05, 3.63) is 46.6 Å². The molecule has 132 valence electrons. The van der Waals surface area contributed by atoms with E-state index in [1.165, 1.54) is 4.88 Å². The highest BCUT2D eigenvalue weighted by atomic mass is 32.1. The van der Waals surface area contributed by atoms with E-state index in [1.54, 1.807) is 17.6 Å². The summed E-state index contributed by atoms with van der Waals surface area (Å²) in [5, 5.41) is 15.9. The molecule has 3 N–H and O–H groups in total. The van der Waals surface area contributed by atoms with Crippen molar-refractivity contribution in [3.8, 4) is 11.6 Å². The Balaban J connectivity index is 1.56. The van der Waals surface area contributed by atoms with Crippen LogP contribution >= 0.6 is 11.3 Å². The summed E-state index contributed by atoms with van der Waals surface area (Å²) >= 11 is 1.74. The Labute approximate surface area is 150 Å². The maximum atomic E-state index is 5.30. The van der Waals surface area contributed by atoms with E-state index in [-0.39, 0.29) is 6.04 Å². The van der Waals surface area contributed by atoms with Crippen LogP contribution in [0.1, 0.15) is 30.6 Å². The summed E-state index contributed by atoms with van der Waals surface area (Å²) < 4.78 is 5.30. The smallest absolute Gasteiger partial charge is 0.216 e. The molecule has 3 rings (SSSR count). The Hall–Kier alpha value is -2.61. The molecule has 0 bridgehead atoms. The maximum Gasteiger partial charge on any atom is 0.216 e. The molecule has 3 aromatic heterocycles. The van der Waals surface area contributed by atoms with Gasteiger partial charge in [-0.25, -0.2) is 4.98 Å². The molecule has 0 aromatic carbocycles. The van der Waals surface area contributed by atoms with Crippen LogP contribution in [0.3, 0.4) is 0 Å². The predicted molar refractivity (Wildman–Crippen MR) is 99.6 cm³/mol. The number of rotatable bonds is 7. The minimum absolute atomic E-state index is 0.216. The van der Waals surface area contributed by atoms with Crippen molar-refractivity contribution in [2.75, 3.05) is 13.1 Å². The van der Waals surface area contributed by atoms with Gasteiger partial charge >= 0.3 is 0 Å². The quantitative estimate of drug-likeness (QED) is 0.446. The summed E-state index contributed by atoms with van der Waals surface area (Å²) in [5.74, 6) is 2.82. The van der Waals surface area contributed by atoms with Gasteiger partial charge in [0.05, 0.1) is 12.3 Å². The van der Waals surface area contributed by atoms with Gasteiger partial charge in [-0.2, -0.15) is 5.10 Å². The average Bonchev–Trinajstić information content (AvgIpc) is 3.35. The second-order valence-electron chi connectivity index (χ2n) is 5.48. The third kappa shape index (κ3) is 4.69. The van der Waals surface area contributed by atoms with Crippen LogP contribution in [0, 0.1) is 0 Å². The van der Waals surface area contributed by atoms with Crippen LogP contribution in [-0.4, -0.2) is 34.2 Å². The summed E-state index contributed by atoms with van der Waals surface area (Å²) in [6.45, 7) is 5.61. The summed E-state index contributed by atoms with van der Waals surface area (Å²) in [7, 11) is 0. The van der Waals surface area contributed by atoms with Crippen molar-refractivity contribution in [1.82, 2.24) is 25.8 Å². The molecule has 0 amide bonds. The summed E-state index contributed by atoms with van der Waals surface area (Å²) in [6.07, 6.45) is 2.29. The molecule has 25 heavy (non-hydrogen) atoms. The highest BCUT2D eigenvalue weighted by Crippen LogP contribution is 2.18. The van der Waals surface area contributed by atoms with E-state index < -0.39 is 0 Å². The second kappa shape index (κ2) is 8.48. The highest BCUT2D eigenvalue weighted by molar-refractivity contribution is 7.10. The van der Waals surface area contributed by atoms with Gasteiger partial charge in [0, 0.05) is 24.4 Å². The average molecular weight is 358 g/mol. The minimum Gasteiger partial charge on any atom is -0.461 e. The summed E-state index contributed by atoms with van der Waals surface area (Å²) in [4.78, 5) is 10.3. The number of furan rings is 1. The Bertz CT molecular complexity index is 778. The Kier molecular flexibility index (Phi) is 5.84. The molecular weight excluding hydrogens is 336 g/mol. The van der Waals surface area contributed by atoms with E-state index in [0.717, 1.165) is 18.3 Å². The summed E-state index contributed by atoms with van der Waals surface area (Å²) in [5.41, 5.74) is 0. The number of nitrogens with zero attached hydrogens (tertiary/aromatic N) is 3. The van der Waals surface area contributed by atoms with Gasteiger partial charge in [-0.1, -0.05) is 6.07 Å². The SMILES string of the molecule is CCNC(=NCCc1nc(-c2ccco2)n[nH]1)NC(C)c1cccs1. The molecule has 1 unspecified atom stereocenters. The lowest BCUT2D eigenvalue weighted by atomic mass is 10.3. The number of H-pyrrole nitrogens is 1. The molecule has 7 nitrogen and oxygen atoms in total. The molecule has 0 saturated carbocycles. The first-order valence-corrected chi connectivity index (χ1v) is 9.17. The minimum atomic E-state index is 0.216. The Morgan fingerprint density at radius 1 is 1.40 bits per heavy atom. The number of thiophene rings is 1. The number of hydrogen-bond acceptors (Lipinski definition) is 5. The van der Waals surface area contributed by atoms with Crippen LogP contribution in [-0.2, 0) is 6.42 Å². The van der Waals surface area contributed by atoms with Crippen LogP contribution in [0.15, 0.2) is 45.3 Å². The topological polar surface area (TPSA) is 91.1 Å². The van der Waals surface area contributed by atoms with Gasteiger partial charge in [-0.05, 0) is 37.4 Å². The van der Waals surface area contributed by atoms with Gasteiger partial charge in [0.15, 0.2) is 11.7 Å². The van der Waals surface area contributed by atoms with Gasteiger partial charge in [0.1, 0.15) is 5.82 Å². The van der Waals surface area contributed by atoms with Gasteiger partial charge in [-0.3, -0.25) is 10.1 Å². The van der Waals surface area contributed by atoms with Crippen molar-refractivity contribution in [3.63, 3.8) is 0 Å². The lowest BCUT2D eigenvalue weighted by molar-refractivity contribution is 0.577. The molecule has 1 atom stereocenters. The fourth-order valence-corrected chi connectivity index (χ4v) is 3.07. The fourth-order valence-electron chi connectivity index (χ4n) is 2.33. The van der Waals surface area contributed by atoms with Crippen LogP contribution in [0.4, 0.5) is 0 Å². The molecule has 0 saturated heterocycles. The molecule has 0 aliphatic heterocycles. The van der Waals surface area contributed by atoms with E-state index >= 15 is 0 Å². The van der Waals surface area contributed by atoms with Gasteiger partial charge in [0.2, 0.25) is 5.82 Å². The van der Waals surface area contributed by atoms with Crippen molar-refractivity contribution < 1.29 is 4.42 Å². The molecule has 8 heteroatoms. The lowest BCUT2D eigenvalue weighted by Crippen LogP contribution is -2.38. The van der Waals surface area contributed by atoms with E-state index in [2.05, 4.69) is 62.2 Å². The number of guanidine groups is 1. The van der Waals surface area contributed by atoms with E-state index in [4.69, 9.17) is 4.42 Å². The number of aliphatic imine (C=N–C) groups is 1.